The van der Waals surface area contributed by atoms with Crippen LogP contribution in [0.15, 0.2) is 30.3 Å². The Morgan fingerprint density at radius 1 is 1.32 bits per heavy atom. The number of benzene rings is 1. The van der Waals surface area contributed by atoms with E-state index >= 15 is 0 Å². The van der Waals surface area contributed by atoms with Gasteiger partial charge in [0.05, 0.1) is 0 Å². The smallest absolute Gasteiger partial charge is 0.407 e. The number of carbonyl (C=O) groups is 1. The Hall–Kier alpha value is -1.55. The zero-order valence-corrected chi connectivity index (χ0v) is 13.7. The third-order valence-electron chi connectivity index (χ3n) is 5.65. The van der Waals surface area contributed by atoms with Crippen molar-refractivity contribution in [2.45, 2.75) is 39.3 Å². The zero-order valence-electron chi connectivity index (χ0n) is 13.7. The molecule has 1 N–H and O–H groups in total. The molecule has 0 aliphatic carbocycles. The van der Waals surface area contributed by atoms with Crippen LogP contribution in [0, 0.1) is 11.3 Å². The Morgan fingerprint density at radius 2 is 2.00 bits per heavy atom. The van der Waals surface area contributed by atoms with Crippen LogP contribution in [0.3, 0.4) is 0 Å². The molecule has 4 heteroatoms. The number of amides is 1. The highest BCUT2D eigenvalue weighted by atomic mass is 16.4. The summed E-state index contributed by atoms with van der Waals surface area (Å²) >= 11 is 0. The molecule has 2 heterocycles. The summed E-state index contributed by atoms with van der Waals surface area (Å²) in [6.07, 6.45) is 0.197. The van der Waals surface area contributed by atoms with Crippen LogP contribution < -0.4 is 0 Å². The molecule has 2 aliphatic rings. The number of likely N-dealkylation sites (tertiary alicyclic amines) is 2. The predicted octanol–water partition coefficient (Wildman–Crippen LogP) is 3.29. The average Bonchev–Trinajstić information content (AvgIpc) is 2.44. The summed E-state index contributed by atoms with van der Waals surface area (Å²) in [6, 6.07) is 10.5. The third kappa shape index (κ3) is 2.30. The second kappa shape index (κ2) is 5.27. The Kier molecular flexibility index (Phi) is 3.68. The fourth-order valence-corrected chi connectivity index (χ4v) is 4.46. The van der Waals surface area contributed by atoms with Gasteiger partial charge in [-0.15, -0.1) is 0 Å². The summed E-state index contributed by atoms with van der Waals surface area (Å²) in [5.41, 5.74) is 1.32. The molecule has 0 radical (unpaired) electrons. The number of piperidine rings is 1. The molecule has 4 nitrogen and oxygen atoms in total. The van der Waals surface area contributed by atoms with Gasteiger partial charge in [-0.25, -0.2) is 4.79 Å². The van der Waals surface area contributed by atoms with Crippen molar-refractivity contribution in [2.24, 2.45) is 11.3 Å². The van der Waals surface area contributed by atoms with E-state index in [1.165, 1.54) is 5.56 Å². The van der Waals surface area contributed by atoms with Gasteiger partial charge in [-0.2, -0.15) is 0 Å². The summed E-state index contributed by atoms with van der Waals surface area (Å²) in [4.78, 5) is 15.6. The quantitative estimate of drug-likeness (QED) is 0.911. The lowest BCUT2D eigenvalue weighted by atomic mass is 9.57. The Morgan fingerprint density at radius 3 is 2.59 bits per heavy atom. The number of hydrogen-bond donors (Lipinski definition) is 1. The van der Waals surface area contributed by atoms with E-state index < -0.39 is 6.09 Å². The maximum Gasteiger partial charge on any atom is 0.407 e. The molecule has 0 bridgehead atoms. The molecular weight excluding hydrogens is 276 g/mol. The van der Waals surface area contributed by atoms with Crippen molar-refractivity contribution in [1.29, 1.82) is 0 Å². The van der Waals surface area contributed by atoms with Crippen LogP contribution >= 0.6 is 0 Å². The van der Waals surface area contributed by atoms with Crippen LogP contribution in [-0.2, 0) is 6.54 Å². The molecule has 0 unspecified atom stereocenters. The fourth-order valence-electron chi connectivity index (χ4n) is 4.46. The minimum atomic E-state index is -0.784. The van der Waals surface area contributed by atoms with Crippen LogP contribution in [0.2, 0.25) is 0 Å². The van der Waals surface area contributed by atoms with E-state index in [4.69, 9.17) is 0 Å². The first-order chi connectivity index (χ1) is 10.3. The molecule has 1 amide bonds. The van der Waals surface area contributed by atoms with Crippen LogP contribution in [0.1, 0.15) is 32.8 Å². The van der Waals surface area contributed by atoms with E-state index in [-0.39, 0.29) is 11.0 Å². The van der Waals surface area contributed by atoms with Gasteiger partial charge in [-0.3, -0.25) is 4.90 Å². The lowest BCUT2D eigenvalue weighted by Gasteiger charge is -2.68. The van der Waals surface area contributed by atoms with E-state index in [9.17, 15) is 9.90 Å². The van der Waals surface area contributed by atoms with Crippen LogP contribution in [0.5, 0.6) is 0 Å². The highest BCUT2D eigenvalue weighted by Gasteiger charge is 2.61. The standard InChI is InChI=1S/C18H26N2O2/c1-17(2,3)18-13-19(16(21)22)10-9-15(18)12-20(18)11-14-7-5-4-6-8-14/h4-8,15H,9-13H2,1-3H3,(H,21,22)/t15-,18-/m1/s1. The van der Waals surface area contributed by atoms with Gasteiger partial charge in [0.15, 0.2) is 0 Å². The summed E-state index contributed by atoms with van der Waals surface area (Å²) in [5.74, 6) is 0.604. The van der Waals surface area contributed by atoms with E-state index in [0.717, 1.165) is 19.5 Å². The molecule has 2 fully saturated rings. The lowest BCUT2D eigenvalue weighted by molar-refractivity contribution is -0.184. The number of hydrogen-bond acceptors (Lipinski definition) is 2. The normalized spacial score (nSPS) is 28.9. The molecule has 2 aliphatic heterocycles. The SMILES string of the molecule is CC(C)(C)[C@@]12CN(C(=O)O)CC[C@@H]1CN2Cc1ccccc1. The minimum Gasteiger partial charge on any atom is -0.465 e. The van der Waals surface area contributed by atoms with Gasteiger partial charge in [-0.05, 0) is 23.3 Å². The Labute approximate surface area is 132 Å². The monoisotopic (exact) mass is 302 g/mol. The summed E-state index contributed by atoms with van der Waals surface area (Å²) in [6.45, 7) is 10.1. The first-order valence-corrected chi connectivity index (χ1v) is 8.11. The summed E-state index contributed by atoms with van der Waals surface area (Å²) in [5, 5.41) is 9.43. The number of nitrogens with zero attached hydrogens (tertiary/aromatic N) is 2. The molecule has 120 valence electrons. The van der Waals surface area contributed by atoms with Gasteiger partial charge in [0.1, 0.15) is 0 Å². The zero-order chi connectivity index (χ0) is 16.0. The third-order valence-corrected chi connectivity index (χ3v) is 5.65. The van der Waals surface area contributed by atoms with E-state index in [2.05, 4.69) is 49.9 Å². The number of rotatable bonds is 2. The second-order valence-corrected chi connectivity index (χ2v) is 7.73. The molecule has 22 heavy (non-hydrogen) atoms. The fraction of sp³-hybridized carbons (Fsp3) is 0.611. The second-order valence-electron chi connectivity index (χ2n) is 7.73. The molecular formula is C18H26N2O2. The highest BCUT2D eigenvalue weighted by Crippen LogP contribution is 2.53. The largest absolute Gasteiger partial charge is 0.465 e. The van der Waals surface area contributed by atoms with Gasteiger partial charge < -0.3 is 10.0 Å². The average molecular weight is 302 g/mol. The molecule has 1 aromatic rings. The maximum absolute atomic E-state index is 11.5. The van der Waals surface area contributed by atoms with Crippen molar-refractivity contribution < 1.29 is 9.90 Å². The molecule has 0 saturated carbocycles. The van der Waals surface area contributed by atoms with Crippen molar-refractivity contribution in [1.82, 2.24) is 9.80 Å². The van der Waals surface area contributed by atoms with Crippen LogP contribution in [-0.4, -0.2) is 46.2 Å². The van der Waals surface area contributed by atoms with Crippen molar-refractivity contribution >= 4 is 6.09 Å². The molecule has 0 spiro atoms. The van der Waals surface area contributed by atoms with Crippen LogP contribution in [0.4, 0.5) is 4.79 Å². The van der Waals surface area contributed by atoms with Crippen LogP contribution in [0.25, 0.3) is 0 Å². The van der Waals surface area contributed by atoms with Gasteiger partial charge in [-0.1, -0.05) is 51.1 Å². The van der Waals surface area contributed by atoms with E-state index in [0.29, 0.717) is 19.0 Å². The predicted molar refractivity (Wildman–Crippen MR) is 86.7 cm³/mol. The first-order valence-electron chi connectivity index (χ1n) is 8.11. The molecule has 0 aromatic heterocycles. The van der Waals surface area contributed by atoms with Gasteiger partial charge in [0.25, 0.3) is 0 Å². The van der Waals surface area contributed by atoms with Crippen molar-refractivity contribution in [3.05, 3.63) is 35.9 Å². The van der Waals surface area contributed by atoms with Gasteiger partial charge >= 0.3 is 6.09 Å². The molecule has 2 saturated heterocycles. The first kappa shape index (κ1) is 15.3. The van der Waals surface area contributed by atoms with Gasteiger partial charge in [0.2, 0.25) is 0 Å². The Bertz CT molecular complexity index is 552. The maximum atomic E-state index is 11.5. The summed E-state index contributed by atoms with van der Waals surface area (Å²) in [7, 11) is 0. The van der Waals surface area contributed by atoms with E-state index in [1.54, 1.807) is 4.90 Å². The van der Waals surface area contributed by atoms with Gasteiger partial charge in [0, 0.05) is 31.7 Å². The Balaban J connectivity index is 1.87. The molecule has 1 aromatic carbocycles. The topological polar surface area (TPSA) is 43.8 Å². The minimum absolute atomic E-state index is 0.0422. The number of carboxylic acid groups (broad SMARTS) is 1. The number of fused-ring (bicyclic) bond motifs is 1. The van der Waals surface area contributed by atoms with Crippen molar-refractivity contribution in [2.75, 3.05) is 19.6 Å². The van der Waals surface area contributed by atoms with E-state index in [1.807, 2.05) is 6.07 Å². The summed E-state index contributed by atoms with van der Waals surface area (Å²) < 4.78 is 0. The lowest BCUT2D eigenvalue weighted by Crippen LogP contribution is -2.78. The van der Waals surface area contributed by atoms with Crippen molar-refractivity contribution in [3.63, 3.8) is 0 Å². The highest BCUT2D eigenvalue weighted by molar-refractivity contribution is 5.65. The molecule has 3 rings (SSSR count). The van der Waals surface area contributed by atoms with Crippen molar-refractivity contribution in [3.8, 4) is 0 Å². The molecule has 2 atom stereocenters.